The summed E-state index contributed by atoms with van der Waals surface area (Å²) in [5.41, 5.74) is 0.903. The Hall–Kier alpha value is -1.09. The highest BCUT2D eigenvalue weighted by molar-refractivity contribution is 9.10. The maximum absolute atomic E-state index is 10.5. The fraction of sp³-hybridized carbons (Fsp3) is 0.500. The Balaban J connectivity index is 2.09. The molecule has 0 atom stereocenters. The van der Waals surface area contributed by atoms with Gasteiger partial charge in [0.25, 0.3) is 0 Å². The molecule has 1 N–H and O–H groups in total. The third-order valence-electron chi connectivity index (χ3n) is 3.47. The Bertz CT molecular complexity index is 493. The lowest BCUT2D eigenvalue weighted by atomic mass is 9.94. The van der Waals surface area contributed by atoms with Crippen molar-refractivity contribution in [3.8, 4) is 6.07 Å². The molecule has 0 aromatic heterocycles. The fourth-order valence-electron chi connectivity index (χ4n) is 2.27. The predicted molar refractivity (Wildman–Crippen MR) is 77.1 cm³/mol. The predicted octanol–water partition coefficient (Wildman–Crippen LogP) is 2.30. The van der Waals surface area contributed by atoms with Gasteiger partial charge >= 0.3 is 0 Å². The van der Waals surface area contributed by atoms with E-state index < -0.39 is 5.60 Å². The first-order chi connectivity index (χ1) is 9.04. The summed E-state index contributed by atoms with van der Waals surface area (Å²) in [4.78, 5) is 2.01. The van der Waals surface area contributed by atoms with E-state index in [-0.39, 0.29) is 0 Å². The summed E-state index contributed by atoms with van der Waals surface area (Å²) in [6, 6.07) is 7.70. The average Bonchev–Trinajstić information content (AvgIpc) is 2.39. The lowest BCUT2D eigenvalue weighted by molar-refractivity contribution is -0.0572. The van der Waals surface area contributed by atoms with Gasteiger partial charge in [-0.2, -0.15) is 5.26 Å². The van der Waals surface area contributed by atoms with E-state index >= 15 is 0 Å². The second kappa shape index (κ2) is 5.91. The van der Waals surface area contributed by atoms with Crippen molar-refractivity contribution < 1.29 is 9.84 Å². The first kappa shape index (κ1) is 14.3. The van der Waals surface area contributed by atoms with Gasteiger partial charge in [0.1, 0.15) is 6.07 Å². The molecule has 0 radical (unpaired) electrons. The minimum atomic E-state index is -0.687. The lowest BCUT2D eigenvalue weighted by Gasteiger charge is -2.36. The molecule has 1 aliphatic heterocycles. The van der Waals surface area contributed by atoms with Gasteiger partial charge in [-0.1, -0.05) is 0 Å². The molecule has 19 heavy (non-hydrogen) atoms. The van der Waals surface area contributed by atoms with Crippen LogP contribution in [0.1, 0.15) is 18.4 Å². The van der Waals surface area contributed by atoms with Crippen molar-refractivity contribution in [3.63, 3.8) is 0 Å². The second-order valence-corrected chi connectivity index (χ2v) is 5.82. The molecule has 0 amide bonds. The molecule has 5 heteroatoms. The number of halogens is 1. The zero-order chi connectivity index (χ0) is 13.9. The van der Waals surface area contributed by atoms with E-state index in [1.807, 2.05) is 24.1 Å². The number of benzene rings is 1. The summed E-state index contributed by atoms with van der Waals surface area (Å²) in [6.07, 6.45) is 1.32. The van der Waals surface area contributed by atoms with Crippen molar-refractivity contribution >= 4 is 21.6 Å². The van der Waals surface area contributed by atoms with Crippen molar-refractivity contribution in [2.45, 2.75) is 18.4 Å². The molecule has 4 nitrogen and oxygen atoms in total. The standard InChI is InChI=1S/C14H17BrN2O2/c1-17(10-14(18)4-6-19-7-5-14)12-3-2-11(9-16)13(15)8-12/h2-3,8,18H,4-7,10H2,1H3. The molecule has 1 aliphatic rings. The normalized spacial score (nSPS) is 17.8. The van der Waals surface area contributed by atoms with Crippen LogP contribution in [-0.2, 0) is 4.74 Å². The van der Waals surface area contributed by atoms with Crippen LogP contribution in [0.25, 0.3) is 0 Å². The van der Waals surface area contributed by atoms with Gasteiger partial charge in [0.05, 0.1) is 11.2 Å². The minimum absolute atomic E-state index is 0.564. The Morgan fingerprint density at radius 3 is 2.74 bits per heavy atom. The number of likely N-dealkylation sites (N-methyl/N-ethyl adjacent to an activating group) is 1. The molecular formula is C14H17BrN2O2. The van der Waals surface area contributed by atoms with Gasteiger partial charge < -0.3 is 14.7 Å². The molecule has 2 rings (SSSR count). The third-order valence-corrected chi connectivity index (χ3v) is 4.12. The van der Waals surface area contributed by atoms with Crippen LogP contribution in [0.5, 0.6) is 0 Å². The van der Waals surface area contributed by atoms with E-state index in [1.54, 1.807) is 6.07 Å². The smallest absolute Gasteiger partial charge is 0.100 e. The molecule has 0 aliphatic carbocycles. The van der Waals surface area contributed by atoms with Crippen LogP contribution < -0.4 is 4.90 Å². The molecule has 102 valence electrons. The highest BCUT2D eigenvalue weighted by Gasteiger charge is 2.31. The monoisotopic (exact) mass is 324 g/mol. The third kappa shape index (κ3) is 3.47. The van der Waals surface area contributed by atoms with Crippen LogP contribution in [0.15, 0.2) is 22.7 Å². The van der Waals surface area contributed by atoms with Crippen molar-refractivity contribution in [2.24, 2.45) is 0 Å². The average molecular weight is 325 g/mol. The molecule has 1 aromatic rings. The van der Waals surface area contributed by atoms with Gasteiger partial charge in [-0.25, -0.2) is 0 Å². The largest absolute Gasteiger partial charge is 0.388 e. The molecule has 1 heterocycles. The molecular weight excluding hydrogens is 308 g/mol. The Morgan fingerprint density at radius 1 is 1.47 bits per heavy atom. The number of anilines is 1. The molecule has 0 spiro atoms. The van der Waals surface area contributed by atoms with E-state index in [0.29, 0.717) is 38.2 Å². The van der Waals surface area contributed by atoms with Gasteiger partial charge in [-0.3, -0.25) is 0 Å². The number of rotatable bonds is 3. The highest BCUT2D eigenvalue weighted by Crippen LogP contribution is 2.27. The van der Waals surface area contributed by atoms with Gasteiger partial charge in [-0.15, -0.1) is 0 Å². The highest BCUT2D eigenvalue weighted by atomic mass is 79.9. The van der Waals surface area contributed by atoms with Gasteiger partial charge in [0.15, 0.2) is 0 Å². The van der Waals surface area contributed by atoms with Gasteiger partial charge in [-0.05, 0) is 34.1 Å². The van der Waals surface area contributed by atoms with Crippen molar-refractivity contribution in [3.05, 3.63) is 28.2 Å². The van der Waals surface area contributed by atoms with E-state index in [4.69, 9.17) is 10.00 Å². The van der Waals surface area contributed by atoms with Crippen LogP contribution in [-0.4, -0.2) is 37.5 Å². The van der Waals surface area contributed by atoms with E-state index in [9.17, 15) is 5.11 Å². The summed E-state index contributed by atoms with van der Waals surface area (Å²) in [5.74, 6) is 0. The quantitative estimate of drug-likeness (QED) is 0.926. The number of hydrogen-bond donors (Lipinski definition) is 1. The lowest BCUT2D eigenvalue weighted by Crippen LogP contribution is -2.45. The van der Waals surface area contributed by atoms with Crippen molar-refractivity contribution in [2.75, 3.05) is 31.7 Å². The Labute approximate surface area is 121 Å². The van der Waals surface area contributed by atoms with E-state index in [2.05, 4.69) is 22.0 Å². The Morgan fingerprint density at radius 2 is 2.16 bits per heavy atom. The number of aliphatic hydroxyl groups is 1. The summed E-state index contributed by atoms with van der Waals surface area (Å²) in [5, 5.41) is 19.4. The number of ether oxygens (including phenoxy) is 1. The van der Waals surface area contributed by atoms with Crippen LogP contribution in [0.2, 0.25) is 0 Å². The van der Waals surface area contributed by atoms with Crippen LogP contribution in [0.4, 0.5) is 5.69 Å². The first-order valence-corrected chi connectivity index (χ1v) is 7.04. The van der Waals surface area contributed by atoms with Crippen molar-refractivity contribution in [1.82, 2.24) is 0 Å². The molecule has 0 saturated carbocycles. The SMILES string of the molecule is CN(CC1(O)CCOCC1)c1ccc(C#N)c(Br)c1. The maximum atomic E-state index is 10.5. The van der Waals surface area contributed by atoms with Crippen LogP contribution in [0, 0.1) is 11.3 Å². The maximum Gasteiger partial charge on any atom is 0.100 e. The Kier molecular flexibility index (Phi) is 4.46. The first-order valence-electron chi connectivity index (χ1n) is 6.25. The molecule has 1 fully saturated rings. The number of nitrogens with zero attached hydrogens (tertiary/aromatic N) is 2. The van der Waals surface area contributed by atoms with Gasteiger partial charge in [0, 0.05) is 49.8 Å². The topological polar surface area (TPSA) is 56.5 Å². The number of nitriles is 1. The zero-order valence-corrected chi connectivity index (χ0v) is 12.5. The molecule has 1 saturated heterocycles. The molecule has 0 unspecified atom stereocenters. The number of hydrogen-bond acceptors (Lipinski definition) is 4. The summed E-state index contributed by atoms with van der Waals surface area (Å²) in [7, 11) is 1.95. The molecule has 1 aromatic carbocycles. The van der Waals surface area contributed by atoms with Crippen LogP contribution >= 0.6 is 15.9 Å². The van der Waals surface area contributed by atoms with E-state index in [1.165, 1.54) is 0 Å². The summed E-state index contributed by atoms with van der Waals surface area (Å²) in [6.45, 7) is 1.79. The minimum Gasteiger partial charge on any atom is -0.388 e. The summed E-state index contributed by atoms with van der Waals surface area (Å²) >= 11 is 3.38. The zero-order valence-electron chi connectivity index (χ0n) is 10.9. The van der Waals surface area contributed by atoms with E-state index in [0.717, 1.165) is 10.2 Å². The van der Waals surface area contributed by atoms with Crippen LogP contribution in [0.3, 0.4) is 0 Å². The fourth-order valence-corrected chi connectivity index (χ4v) is 2.73. The van der Waals surface area contributed by atoms with Crippen molar-refractivity contribution in [1.29, 1.82) is 5.26 Å². The van der Waals surface area contributed by atoms with Gasteiger partial charge in [0.2, 0.25) is 0 Å². The molecule has 0 bridgehead atoms. The summed E-state index contributed by atoms with van der Waals surface area (Å²) < 4.78 is 6.06. The second-order valence-electron chi connectivity index (χ2n) is 4.97.